The van der Waals surface area contributed by atoms with E-state index in [9.17, 15) is 0 Å². The summed E-state index contributed by atoms with van der Waals surface area (Å²) in [6.45, 7) is 4.65. The van der Waals surface area contributed by atoms with Gasteiger partial charge in [-0.15, -0.1) is 0 Å². The number of aromatic nitrogens is 2. The molecule has 2 aliphatic rings. The highest BCUT2D eigenvalue weighted by atomic mass is 16.5. The van der Waals surface area contributed by atoms with Crippen molar-refractivity contribution < 1.29 is 4.74 Å². The summed E-state index contributed by atoms with van der Waals surface area (Å²) < 4.78 is 5.88. The van der Waals surface area contributed by atoms with Gasteiger partial charge in [0, 0.05) is 31.6 Å². The Morgan fingerprint density at radius 3 is 3.00 bits per heavy atom. The van der Waals surface area contributed by atoms with Gasteiger partial charge in [-0.3, -0.25) is 0 Å². The molecule has 1 aromatic rings. The van der Waals surface area contributed by atoms with E-state index >= 15 is 0 Å². The number of hydrogen-bond donors (Lipinski definition) is 3. The quantitative estimate of drug-likeness (QED) is 0.723. The van der Waals surface area contributed by atoms with Gasteiger partial charge in [0.05, 0.1) is 6.61 Å². The second-order valence-corrected chi connectivity index (χ2v) is 5.49. The number of nitrogens with two attached hydrogens (primary N) is 1. The second-order valence-electron chi connectivity index (χ2n) is 5.49. The van der Waals surface area contributed by atoms with Crippen molar-refractivity contribution in [3.63, 3.8) is 0 Å². The zero-order valence-corrected chi connectivity index (χ0v) is 12.0. The minimum atomic E-state index is 0.289. The molecular weight excluding hydrogens is 256 g/mol. The molecule has 7 heteroatoms. The Morgan fingerprint density at radius 2 is 2.25 bits per heavy atom. The number of rotatable bonds is 2. The van der Waals surface area contributed by atoms with Gasteiger partial charge in [-0.1, -0.05) is 0 Å². The highest BCUT2D eigenvalue weighted by Crippen LogP contribution is 2.37. The van der Waals surface area contributed by atoms with Crippen LogP contribution in [0.1, 0.15) is 19.8 Å². The van der Waals surface area contributed by atoms with Crippen LogP contribution in [0.25, 0.3) is 0 Å². The third-order valence-electron chi connectivity index (χ3n) is 3.94. The van der Waals surface area contributed by atoms with E-state index in [4.69, 9.17) is 10.5 Å². The van der Waals surface area contributed by atoms with Crippen LogP contribution in [0.4, 0.5) is 17.6 Å². The molecule has 0 aliphatic carbocycles. The zero-order valence-electron chi connectivity index (χ0n) is 12.0. The highest BCUT2D eigenvalue weighted by Gasteiger charge is 2.28. The maximum Gasteiger partial charge on any atom is 0.224 e. The lowest BCUT2D eigenvalue weighted by Gasteiger charge is -2.21. The number of hydrogen-bond acceptors (Lipinski definition) is 7. The SMILES string of the molecule is CN[C@@H]1CCN(c2nc(N)nc3c2OCC[C@H](C)N3)C1. The normalized spacial score (nSPS) is 25.6. The van der Waals surface area contributed by atoms with E-state index in [2.05, 4.69) is 32.4 Å². The highest BCUT2D eigenvalue weighted by molar-refractivity contribution is 5.68. The molecule has 1 saturated heterocycles. The number of likely N-dealkylation sites (N-methyl/N-ethyl adjacent to an activating group) is 1. The van der Waals surface area contributed by atoms with Crippen molar-refractivity contribution in [1.82, 2.24) is 15.3 Å². The molecule has 0 aromatic carbocycles. The molecule has 0 saturated carbocycles. The fourth-order valence-electron chi connectivity index (χ4n) is 2.73. The van der Waals surface area contributed by atoms with E-state index in [1.807, 2.05) is 7.05 Å². The topological polar surface area (TPSA) is 88.3 Å². The van der Waals surface area contributed by atoms with Crippen molar-refractivity contribution in [3.8, 4) is 5.75 Å². The predicted molar refractivity (Wildman–Crippen MR) is 79.3 cm³/mol. The van der Waals surface area contributed by atoms with Crippen molar-refractivity contribution in [1.29, 1.82) is 0 Å². The van der Waals surface area contributed by atoms with Gasteiger partial charge in [-0.2, -0.15) is 9.97 Å². The summed E-state index contributed by atoms with van der Waals surface area (Å²) in [6.07, 6.45) is 2.04. The van der Waals surface area contributed by atoms with Crippen LogP contribution < -0.4 is 26.0 Å². The zero-order chi connectivity index (χ0) is 14.1. The molecule has 1 fully saturated rings. The Bertz CT molecular complexity index is 494. The molecule has 2 atom stereocenters. The first-order valence-corrected chi connectivity index (χ1v) is 7.16. The summed E-state index contributed by atoms with van der Waals surface area (Å²) in [5.41, 5.74) is 5.85. The van der Waals surface area contributed by atoms with Crippen molar-refractivity contribution in [3.05, 3.63) is 0 Å². The number of anilines is 3. The average molecular weight is 278 g/mol. The number of nitrogens with one attached hydrogen (secondary N) is 2. The van der Waals surface area contributed by atoms with E-state index in [0.29, 0.717) is 24.5 Å². The third-order valence-corrected chi connectivity index (χ3v) is 3.94. The molecule has 20 heavy (non-hydrogen) atoms. The smallest absolute Gasteiger partial charge is 0.224 e. The molecule has 0 unspecified atom stereocenters. The van der Waals surface area contributed by atoms with Crippen molar-refractivity contribution >= 4 is 17.6 Å². The minimum absolute atomic E-state index is 0.289. The molecule has 0 amide bonds. The van der Waals surface area contributed by atoms with Crippen LogP contribution in [0.2, 0.25) is 0 Å². The predicted octanol–water partition coefficient (Wildman–Crippen LogP) is 0.440. The fourth-order valence-corrected chi connectivity index (χ4v) is 2.73. The monoisotopic (exact) mass is 278 g/mol. The van der Waals surface area contributed by atoms with Crippen LogP contribution in [0.3, 0.4) is 0 Å². The molecule has 0 bridgehead atoms. The van der Waals surface area contributed by atoms with E-state index in [-0.39, 0.29) is 5.95 Å². The molecule has 4 N–H and O–H groups in total. The van der Waals surface area contributed by atoms with Gasteiger partial charge in [0.2, 0.25) is 11.7 Å². The largest absolute Gasteiger partial charge is 0.486 e. The molecule has 7 nitrogen and oxygen atoms in total. The van der Waals surface area contributed by atoms with Gasteiger partial charge < -0.3 is 26.0 Å². The van der Waals surface area contributed by atoms with Gasteiger partial charge in [-0.25, -0.2) is 0 Å². The maximum atomic E-state index is 5.88. The van der Waals surface area contributed by atoms with Crippen molar-refractivity contribution in [2.24, 2.45) is 0 Å². The van der Waals surface area contributed by atoms with Gasteiger partial charge in [0.15, 0.2) is 11.6 Å². The van der Waals surface area contributed by atoms with Crippen LogP contribution in [-0.2, 0) is 0 Å². The lowest BCUT2D eigenvalue weighted by molar-refractivity contribution is 0.313. The van der Waals surface area contributed by atoms with Gasteiger partial charge in [0.25, 0.3) is 0 Å². The van der Waals surface area contributed by atoms with Crippen LogP contribution in [0, 0.1) is 0 Å². The summed E-state index contributed by atoms with van der Waals surface area (Å²) in [7, 11) is 1.99. The lowest BCUT2D eigenvalue weighted by atomic mass is 10.2. The molecular formula is C13H22N6O. The Kier molecular flexibility index (Phi) is 3.52. The summed E-state index contributed by atoms with van der Waals surface area (Å²) in [6, 6.07) is 0.807. The number of fused-ring (bicyclic) bond motifs is 1. The van der Waals surface area contributed by atoms with Gasteiger partial charge in [-0.05, 0) is 20.4 Å². The average Bonchev–Trinajstić information content (AvgIpc) is 2.81. The molecule has 0 spiro atoms. The number of ether oxygens (including phenoxy) is 1. The van der Waals surface area contributed by atoms with E-state index in [1.165, 1.54) is 0 Å². The lowest BCUT2D eigenvalue weighted by Crippen LogP contribution is -2.30. The number of nitrogen functional groups attached to an aromatic ring is 1. The Hall–Kier alpha value is -1.76. The van der Waals surface area contributed by atoms with Crippen molar-refractivity contribution in [2.75, 3.05) is 42.7 Å². The van der Waals surface area contributed by atoms with Crippen LogP contribution >= 0.6 is 0 Å². The first kappa shape index (κ1) is 13.2. The summed E-state index contributed by atoms with van der Waals surface area (Å²) >= 11 is 0. The molecule has 3 rings (SSSR count). The van der Waals surface area contributed by atoms with E-state index in [1.54, 1.807) is 0 Å². The second kappa shape index (κ2) is 5.32. The van der Waals surface area contributed by atoms with Gasteiger partial charge >= 0.3 is 0 Å². The fraction of sp³-hybridized carbons (Fsp3) is 0.692. The first-order valence-electron chi connectivity index (χ1n) is 7.16. The summed E-state index contributed by atoms with van der Waals surface area (Å²) in [5.74, 6) is 2.55. The standard InChI is InChI=1S/C13H22N6O/c1-8-4-6-20-10-11(16-8)17-13(14)18-12(10)19-5-3-9(7-19)15-2/h8-9,15H,3-7H2,1-2H3,(H3,14,16,17,18)/t8-,9+/m0/s1. The van der Waals surface area contributed by atoms with Crippen LogP contribution in [0.5, 0.6) is 5.75 Å². The van der Waals surface area contributed by atoms with Gasteiger partial charge in [0.1, 0.15) is 0 Å². The first-order chi connectivity index (χ1) is 9.67. The molecule has 2 aliphatic heterocycles. The van der Waals surface area contributed by atoms with Crippen LogP contribution in [0.15, 0.2) is 0 Å². The molecule has 0 radical (unpaired) electrons. The molecule has 1 aromatic heterocycles. The Labute approximate surface area is 118 Å². The van der Waals surface area contributed by atoms with Crippen LogP contribution in [-0.4, -0.2) is 48.8 Å². The number of nitrogens with zero attached hydrogens (tertiary/aromatic N) is 3. The summed E-state index contributed by atoms with van der Waals surface area (Å²) in [5, 5.41) is 6.66. The third kappa shape index (κ3) is 2.45. The van der Waals surface area contributed by atoms with Crippen molar-refractivity contribution in [2.45, 2.75) is 31.8 Å². The maximum absolute atomic E-state index is 5.88. The van der Waals surface area contributed by atoms with E-state index < -0.39 is 0 Å². The van der Waals surface area contributed by atoms with E-state index in [0.717, 1.165) is 37.5 Å². The minimum Gasteiger partial charge on any atom is -0.486 e. The molecule has 3 heterocycles. The molecule has 110 valence electrons. The summed E-state index contributed by atoms with van der Waals surface area (Å²) in [4.78, 5) is 10.9. The Morgan fingerprint density at radius 1 is 1.40 bits per heavy atom. The Balaban J connectivity index is 1.94.